The maximum absolute atomic E-state index is 12.8. The van der Waals surface area contributed by atoms with E-state index in [1.165, 1.54) is 12.7 Å². The lowest BCUT2D eigenvalue weighted by Gasteiger charge is -2.07. The van der Waals surface area contributed by atoms with E-state index in [1.54, 1.807) is 12.1 Å². The fraction of sp³-hybridized carbons (Fsp3) is 0.138. The Bertz CT molecular complexity index is 1350. The minimum Gasteiger partial charge on any atom is -0.465 e. The van der Waals surface area contributed by atoms with Crippen molar-refractivity contribution in [3.63, 3.8) is 0 Å². The number of methoxy groups -OCH3 is 1. The summed E-state index contributed by atoms with van der Waals surface area (Å²) in [5.41, 5.74) is 5.90. The molecule has 0 atom stereocenters. The smallest absolute Gasteiger partial charge is 0.338 e. The summed E-state index contributed by atoms with van der Waals surface area (Å²) < 4.78 is 4.84. The molecule has 0 amide bonds. The molecule has 4 aromatic rings. The van der Waals surface area contributed by atoms with Gasteiger partial charge in [0.15, 0.2) is 5.78 Å². The van der Waals surface area contributed by atoms with Gasteiger partial charge >= 0.3 is 5.97 Å². The van der Waals surface area contributed by atoms with Gasteiger partial charge in [0.25, 0.3) is 0 Å². The third-order valence-corrected chi connectivity index (χ3v) is 5.57. The van der Waals surface area contributed by atoms with Crippen molar-refractivity contribution in [2.45, 2.75) is 19.8 Å². The van der Waals surface area contributed by atoms with E-state index in [4.69, 9.17) is 9.72 Å². The molecule has 0 aliphatic rings. The lowest BCUT2D eigenvalue weighted by molar-refractivity contribution is 0.0599. The Balaban J connectivity index is 1.47. The highest BCUT2D eigenvalue weighted by Gasteiger charge is 2.13. The van der Waals surface area contributed by atoms with E-state index in [0.29, 0.717) is 24.0 Å². The first-order valence-corrected chi connectivity index (χ1v) is 10.9. The summed E-state index contributed by atoms with van der Waals surface area (Å²) in [6.07, 6.45) is 4.71. The van der Waals surface area contributed by atoms with Crippen molar-refractivity contribution in [2.24, 2.45) is 0 Å². The summed E-state index contributed by atoms with van der Waals surface area (Å²) in [7, 11) is 1.36. The van der Waals surface area contributed by atoms with Gasteiger partial charge in [0.05, 0.1) is 23.9 Å². The average Bonchev–Trinajstić information content (AvgIpc) is 2.85. The minimum absolute atomic E-state index is 0.0317. The van der Waals surface area contributed by atoms with Gasteiger partial charge in [-0.15, -0.1) is 0 Å². The maximum Gasteiger partial charge on any atom is 0.338 e. The highest BCUT2D eigenvalue weighted by Crippen LogP contribution is 2.18. The zero-order valence-electron chi connectivity index (χ0n) is 18.7. The second-order valence-electron chi connectivity index (χ2n) is 7.96. The molecule has 0 bridgehead atoms. The normalized spacial score (nSPS) is 11.1. The van der Waals surface area contributed by atoms with Crippen LogP contribution < -0.4 is 0 Å². The molecule has 0 radical (unpaired) electrons. The maximum atomic E-state index is 12.8. The zero-order valence-corrected chi connectivity index (χ0v) is 18.7. The molecule has 0 saturated heterocycles. The van der Waals surface area contributed by atoms with Crippen molar-refractivity contribution in [1.82, 2.24) is 4.98 Å². The van der Waals surface area contributed by atoms with Gasteiger partial charge in [-0.05, 0) is 60.4 Å². The van der Waals surface area contributed by atoms with E-state index in [0.717, 1.165) is 27.7 Å². The second-order valence-corrected chi connectivity index (χ2v) is 7.96. The number of hydrogen-bond acceptors (Lipinski definition) is 4. The third-order valence-electron chi connectivity index (χ3n) is 5.57. The SMILES string of the molecule is COC(=O)c1ccccc1CCC(=O)c1cccc(/C=C/c2ccc3ccc(C)cc3n2)c1. The molecular formula is C29H25NO3. The molecule has 0 aliphatic carbocycles. The van der Waals surface area contributed by atoms with Gasteiger partial charge in [0.2, 0.25) is 0 Å². The van der Waals surface area contributed by atoms with Crippen LogP contribution in [0.3, 0.4) is 0 Å². The molecule has 0 unspecified atom stereocenters. The predicted octanol–water partition coefficient (Wildman–Crippen LogP) is 6.32. The Morgan fingerprint density at radius 1 is 0.909 bits per heavy atom. The molecule has 0 N–H and O–H groups in total. The Labute approximate surface area is 193 Å². The standard InChI is InChI=1S/C29H25NO3/c1-20-10-12-23-13-16-25(30-27(23)18-20)15-11-21-6-5-8-24(19-21)28(31)17-14-22-7-3-4-9-26(22)29(32)33-2/h3-13,15-16,18-19H,14,17H2,1-2H3/b15-11+. The van der Waals surface area contributed by atoms with Crippen LogP contribution in [0.25, 0.3) is 23.1 Å². The van der Waals surface area contributed by atoms with Crippen LogP contribution in [0.15, 0.2) is 78.9 Å². The lowest BCUT2D eigenvalue weighted by atomic mass is 9.98. The number of aromatic nitrogens is 1. The summed E-state index contributed by atoms with van der Waals surface area (Å²) in [6.45, 7) is 2.06. The highest BCUT2D eigenvalue weighted by atomic mass is 16.5. The van der Waals surface area contributed by atoms with Gasteiger partial charge in [-0.25, -0.2) is 9.78 Å². The number of carbonyl (C=O) groups excluding carboxylic acids is 2. The number of esters is 1. The number of fused-ring (bicyclic) bond motifs is 1. The molecule has 1 heterocycles. The highest BCUT2D eigenvalue weighted by molar-refractivity contribution is 5.97. The second kappa shape index (κ2) is 10.0. The predicted molar refractivity (Wildman–Crippen MR) is 132 cm³/mol. The molecule has 4 nitrogen and oxygen atoms in total. The lowest BCUT2D eigenvalue weighted by Crippen LogP contribution is -2.08. The molecule has 33 heavy (non-hydrogen) atoms. The molecule has 0 spiro atoms. The van der Waals surface area contributed by atoms with Gasteiger partial charge in [0, 0.05) is 17.4 Å². The summed E-state index contributed by atoms with van der Waals surface area (Å²) in [4.78, 5) is 29.5. The summed E-state index contributed by atoms with van der Waals surface area (Å²) in [6, 6.07) is 25.1. The van der Waals surface area contributed by atoms with Gasteiger partial charge in [-0.3, -0.25) is 4.79 Å². The van der Waals surface area contributed by atoms with E-state index in [-0.39, 0.29) is 11.8 Å². The molecule has 3 aromatic carbocycles. The Morgan fingerprint density at radius 2 is 1.73 bits per heavy atom. The number of aryl methyl sites for hydroxylation is 2. The van der Waals surface area contributed by atoms with Crippen LogP contribution >= 0.6 is 0 Å². The van der Waals surface area contributed by atoms with Crippen LogP contribution in [0.5, 0.6) is 0 Å². The first kappa shape index (κ1) is 22.2. The topological polar surface area (TPSA) is 56.3 Å². The number of ketones is 1. The monoisotopic (exact) mass is 435 g/mol. The number of rotatable bonds is 7. The summed E-state index contributed by atoms with van der Waals surface area (Å²) >= 11 is 0. The summed E-state index contributed by atoms with van der Waals surface area (Å²) in [5.74, 6) is -0.355. The number of nitrogens with zero attached hydrogens (tertiary/aromatic N) is 1. The van der Waals surface area contributed by atoms with E-state index in [1.807, 2.05) is 54.6 Å². The minimum atomic E-state index is -0.386. The fourth-order valence-corrected chi connectivity index (χ4v) is 3.77. The van der Waals surface area contributed by atoms with Crippen molar-refractivity contribution in [1.29, 1.82) is 0 Å². The number of pyridine rings is 1. The number of benzene rings is 3. The van der Waals surface area contributed by atoms with Crippen LogP contribution in [0, 0.1) is 6.92 Å². The molecule has 1 aromatic heterocycles. The van der Waals surface area contributed by atoms with Crippen molar-refractivity contribution in [2.75, 3.05) is 7.11 Å². The quantitative estimate of drug-likeness (QED) is 0.252. The van der Waals surface area contributed by atoms with Gasteiger partial charge < -0.3 is 4.74 Å². The Morgan fingerprint density at radius 3 is 2.58 bits per heavy atom. The number of carbonyl (C=O) groups is 2. The van der Waals surface area contributed by atoms with Crippen LogP contribution in [-0.2, 0) is 11.2 Å². The van der Waals surface area contributed by atoms with Crippen molar-refractivity contribution in [3.8, 4) is 0 Å². The molecule has 164 valence electrons. The first-order chi connectivity index (χ1) is 16.0. The molecular weight excluding hydrogens is 410 g/mol. The largest absolute Gasteiger partial charge is 0.465 e. The number of ether oxygens (including phenoxy) is 1. The van der Waals surface area contributed by atoms with E-state index < -0.39 is 0 Å². The van der Waals surface area contributed by atoms with Gasteiger partial charge in [-0.2, -0.15) is 0 Å². The zero-order chi connectivity index (χ0) is 23.2. The van der Waals surface area contributed by atoms with Crippen LogP contribution in [0.1, 0.15) is 49.5 Å². The molecule has 0 saturated carbocycles. The van der Waals surface area contributed by atoms with Crippen LogP contribution in [-0.4, -0.2) is 23.8 Å². The van der Waals surface area contributed by atoms with Gasteiger partial charge in [0.1, 0.15) is 0 Å². The van der Waals surface area contributed by atoms with Crippen molar-refractivity contribution < 1.29 is 14.3 Å². The van der Waals surface area contributed by atoms with Crippen LogP contribution in [0.2, 0.25) is 0 Å². The molecule has 4 heteroatoms. The van der Waals surface area contributed by atoms with E-state index >= 15 is 0 Å². The third kappa shape index (κ3) is 5.42. The van der Waals surface area contributed by atoms with Crippen molar-refractivity contribution >= 4 is 34.8 Å². The average molecular weight is 436 g/mol. The fourth-order valence-electron chi connectivity index (χ4n) is 3.77. The van der Waals surface area contributed by atoms with Crippen molar-refractivity contribution in [3.05, 3.63) is 112 Å². The van der Waals surface area contributed by atoms with Crippen LogP contribution in [0.4, 0.5) is 0 Å². The molecule has 0 fully saturated rings. The first-order valence-electron chi connectivity index (χ1n) is 10.9. The Kier molecular flexibility index (Phi) is 6.75. The molecule has 4 rings (SSSR count). The Hall–Kier alpha value is -4.05. The van der Waals surface area contributed by atoms with Gasteiger partial charge in [-0.1, -0.05) is 60.7 Å². The molecule has 0 aliphatic heterocycles. The van der Waals surface area contributed by atoms with E-state index in [9.17, 15) is 9.59 Å². The number of hydrogen-bond donors (Lipinski definition) is 0. The van der Waals surface area contributed by atoms with E-state index in [2.05, 4.69) is 31.2 Å². The number of Topliss-reactive ketones (excluding diaryl/α,β-unsaturated/α-hetero) is 1. The summed E-state index contributed by atoms with van der Waals surface area (Å²) in [5, 5.41) is 1.11.